The minimum Gasteiger partial charge on any atom is -0.380 e. The van der Waals surface area contributed by atoms with Gasteiger partial charge in [0.15, 0.2) is 15.8 Å². The topological polar surface area (TPSA) is 82.6 Å². The van der Waals surface area contributed by atoms with Crippen LogP contribution in [0.2, 0.25) is 0 Å². The van der Waals surface area contributed by atoms with Gasteiger partial charge < -0.3 is 16.0 Å². The molecule has 6 nitrogen and oxygen atoms in total. The first kappa shape index (κ1) is 23.7. The number of para-hydroxylation sites is 1. The highest BCUT2D eigenvalue weighted by Gasteiger charge is 2.13. The highest BCUT2D eigenvalue weighted by Crippen LogP contribution is 2.13. The highest BCUT2D eigenvalue weighted by molar-refractivity contribution is 7.90. The number of benzene rings is 2. The Morgan fingerprint density at radius 1 is 1.00 bits per heavy atom. The Balaban J connectivity index is 1.92. The van der Waals surface area contributed by atoms with Crippen LogP contribution >= 0.6 is 0 Å². The Bertz CT molecular complexity index is 895. The van der Waals surface area contributed by atoms with Crippen LogP contribution in [-0.2, 0) is 16.3 Å². The lowest BCUT2D eigenvalue weighted by atomic mass is 10.0. The van der Waals surface area contributed by atoms with Crippen molar-refractivity contribution in [1.82, 2.24) is 10.6 Å². The summed E-state index contributed by atoms with van der Waals surface area (Å²) in [6, 6.07) is 17.5. The monoisotopic (exact) mass is 430 g/mol. The van der Waals surface area contributed by atoms with Crippen molar-refractivity contribution in [2.75, 3.05) is 31.2 Å². The molecule has 0 saturated carbocycles. The quantitative estimate of drug-likeness (QED) is 0.398. The Morgan fingerprint density at radius 3 is 2.23 bits per heavy atom. The van der Waals surface area contributed by atoms with E-state index in [1.54, 1.807) is 12.1 Å². The lowest BCUT2D eigenvalue weighted by Gasteiger charge is -2.22. The summed E-state index contributed by atoms with van der Waals surface area (Å²) in [4.78, 5) is 5.11. The maximum atomic E-state index is 11.6. The maximum absolute atomic E-state index is 11.6. The van der Waals surface area contributed by atoms with Crippen LogP contribution in [0, 0.1) is 5.92 Å². The van der Waals surface area contributed by atoms with Gasteiger partial charge in [0.05, 0.1) is 11.4 Å². The number of sulfone groups is 1. The van der Waals surface area contributed by atoms with Crippen LogP contribution in [0.1, 0.15) is 26.3 Å². The molecule has 0 heterocycles. The van der Waals surface area contributed by atoms with Crippen molar-refractivity contribution in [1.29, 1.82) is 0 Å². The van der Waals surface area contributed by atoms with Gasteiger partial charge in [0.1, 0.15) is 0 Å². The molecule has 7 heteroatoms. The second-order valence-electron chi connectivity index (χ2n) is 7.67. The summed E-state index contributed by atoms with van der Waals surface area (Å²) < 4.78 is 23.1. The smallest absolute Gasteiger partial charge is 0.191 e. The van der Waals surface area contributed by atoms with Gasteiger partial charge in [0, 0.05) is 31.1 Å². The zero-order chi connectivity index (χ0) is 22.0. The van der Waals surface area contributed by atoms with Gasteiger partial charge in [-0.2, -0.15) is 0 Å². The summed E-state index contributed by atoms with van der Waals surface area (Å²) >= 11 is 0. The second kappa shape index (κ2) is 11.6. The van der Waals surface area contributed by atoms with Crippen LogP contribution in [0.4, 0.5) is 5.69 Å². The fraction of sp³-hybridized carbons (Fsp3) is 0.435. The van der Waals surface area contributed by atoms with E-state index in [9.17, 15) is 8.42 Å². The van der Waals surface area contributed by atoms with Gasteiger partial charge in [-0.15, -0.1) is 0 Å². The first-order chi connectivity index (χ1) is 14.3. The molecular formula is C23H34N4O2S. The maximum Gasteiger partial charge on any atom is 0.191 e. The molecule has 0 fully saturated rings. The van der Waals surface area contributed by atoms with Crippen LogP contribution in [0.3, 0.4) is 0 Å². The van der Waals surface area contributed by atoms with E-state index < -0.39 is 9.84 Å². The summed E-state index contributed by atoms with van der Waals surface area (Å²) in [5, 5.41) is 10.2. The van der Waals surface area contributed by atoms with E-state index in [0.717, 1.165) is 30.2 Å². The predicted octanol–water partition coefficient (Wildman–Crippen LogP) is 3.32. The Morgan fingerprint density at radius 2 is 1.67 bits per heavy atom. The van der Waals surface area contributed by atoms with E-state index in [-0.39, 0.29) is 6.04 Å². The van der Waals surface area contributed by atoms with E-state index >= 15 is 0 Å². The van der Waals surface area contributed by atoms with Gasteiger partial charge >= 0.3 is 0 Å². The molecule has 0 spiro atoms. The first-order valence-electron chi connectivity index (χ1n) is 10.4. The average Bonchev–Trinajstić information content (AvgIpc) is 2.71. The van der Waals surface area contributed by atoms with Crippen molar-refractivity contribution in [3.63, 3.8) is 0 Å². The molecule has 0 bridgehead atoms. The van der Waals surface area contributed by atoms with Crippen LogP contribution in [0.15, 0.2) is 64.5 Å². The lowest BCUT2D eigenvalue weighted by Crippen LogP contribution is -2.40. The number of hydrogen-bond acceptors (Lipinski definition) is 4. The molecule has 1 unspecified atom stereocenters. The normalized spacial score (nSPS) is 13.2. The summed E-state index contributed by atoms with van der Waals surface area (Å²) in [6.07, 6.45) is 2.00. The number of aliphatic imine (C=N–C) groups is 1. The van der Waals surface area contributed by atoms with Gasteiger partial charge in [-0.25, -0.2) is 8.42 Å². The molecule has 0 aliphatic heterocycles. The zero-order valence-electron chi connectivity index (χ0n) is 18.4. The summed E-state index contributed by atoms with van der Waals surface area (Å²) in [5.74, 6) is 1.22. The van der Waals surface area contributed by atoms with Crippen LogP contribution in [0.5, 0.6) is 0 Å². The standard InChI is InChI=1S/C23H34N4O2S/c1-5-24-23(25-16-15-19-11-13-21(14-12-19)30(4,28)29)26-17-22(18(2)3)27-20-9-7-6-8-10-20/h6-14,18,22,27H,5,15-17H2,1-4H3,(H2,24,25,26). The molecule has 2 rings (SSSR count). The number of hydrogen-bond donors (Lipinski definition) is 3. The Labute approximate surface area is 181 Å². The van der Waals surface area contributed by atoms with Crippen molar-refractivity contribution < 1.29 is 8.42 Å². The number of nitrogens with zero attached hydrogens (tertiary/aromatic N) is 1. The summed E-state index contributed by atoms with van der Waals surface area (Å²) in [5.41, 5.74) is 2.18. The van der Waals surface area contributed by atoms with Gasteiger partial charge in [-0.3, -0.25) is 4.99 Å². The largest absolute Gasteiger partial charge is 0.380 e. The molecule has 30 heavy (non-hydrogen) atoms. The van der Waals surface area contributed by atoms with E-state index in [2.05, 4.69) is 41.9 Å². The molecule has 0 saturated heterocycles. The molecule has 0 aromatic heterocycles. The number of nitrogens with one attached hydrogen (secondary N) is 3. The van der Waals surface area contributed by atoms with E-state index in [1.807, 2.05) is 37.3 Å². The molecule has 1 atom stereocenters. The van der Waals surface area contributed by atoms with E-state index in [4.69, 9.17) is 4.99 Å². The molecular weight excluding hydrogens is 396 g/mol. The van der Waals surface area contributed by atoms with Crippen LogP contribution in [0.25, 0.3) is 0 Å². The third kappa shape index (κ3) is 8.06. The third-order valence-electron chi connectivity index (χ3n) is 4.78. The predicted molar refractivity (Wildman–Crippen MR) is 126 cm³/mol. The molecule has 2 aromatic rings. The zero-order valence-corrected chi connectivity index (χ0v) is 19.2. The molecule has 2 aromatic carbocycles. The molecule has 3 N–H and O–H groups in total. The van der Waals surface area contributed by atoms with E-state index in [0.29, 0.717) is 23.9 Å². The van der Waals surface area contributed by atoms with Crippen molar-refractivity contribution in [2.45, 2.75) is 38.1 Å². The van der Waals surface area contributed by atoms with Crippen molar-refractivity contribution in [2.24, 2.45) is 10.9 Å². The molecule has 0 radical (unpaired) electrons. The van der Waals surface area contributed by atoms with Crippen molar-refractivity contribution >= 4 is 21.5 Å². The molecule has 0 amide bonds. The SMILES string of the molecule is CCNC(=NCC(Nc1ccccc1)C(C)C)NCCc1ccc(S(C)(=O)=O)cc1. The summed E-state index contributed by atoms with van der Waals surface area (Å²) in [7, 11) is -3.16. The average molecular weight is 431 g/mol. The molecule has 0 aliphatic rings. The van der Waals surface area contributed by atoms with Gasteiger partial charge in [-0.05, 0) is 49.1 Å². The van der Waals surface area contributed by atoms with Gasteiger partial charge in [-0.1, -0.05) is 44.2 Å². The molecule has 0 aliphatic carbocycles. The number of guanidine groups is 1. The van der Waals surface area contributed by atoms with Gasteiger partial charge in [0.25, 0.3) is 0 Å². The fourth-order valence-electron chi connectivity index (χ4n) is 2.93. The third-order valence-corrected chi connectivity index (χ3v) is 5.91. The van der Waals surface area contributed by atoms with Crippen molar-refractivity contribution in [3.05, 3.63) is 60.2 Å². The first-order valence-corrected chi connectivity index (χ1v) is 12.3. The van der Waals surface area contributed by atoms with Crippen molar-refractivity contribution in [3.8, 4) is 0 Å². The minimum absolute atomic E-state index is 0.228. The van der Waals surface area contributed by atoms with Crippen LogP contribution in [-0.4, -0.2) is 46.3 Å². The highest BCUT2D eigenvalue weighted by atomic mass is 32.2. The van der Waals surface area contributed by atoms with Crippen LogP contribution < -0.4 is 16.0 Å². The number of anilines is 1. The summed E-state index contributed by atoms with van der Waals surface area (Å²) in [6.45, 7) is 8.58. The van der Waals surface area contributed by atoms with E-state index in [1.165, 1.54) is 6.26 Å². The molecule has 164 valence electrons. The Hall–Kier alpha value is -2.54. The number of rotatable bonds is 10. The lowest BCUT2D eigenvalue weighted by molar-refractivity contribution is 0.530. The minimum atomic E-state index is -3.16. The Kier molecular flexibility index (Phi) is 9.17. The second-order valence-corrected chi connectivity index (χ2v) is 9.69. The van der Waals surface area contributed by atoms with Gasteiger partial charge in [0.2, 0.25) is 0 Å². The fourth-order valence-corrected chi connectivity index (χ4v) is 3.56.